The molecule has 0 spiro atoms. The van der Waals surface area contributed by atoms with Crippen LogP contribution in [-0.4, -0.2) is 24.1 Å². The summed E-state index contributed by atoms with van der Waals surface area (Å²) in [4.78, 5) is 26.8. The van der Waals surface area contributed by atoms with Gasteiger partial charge in [-0.15, -0.1) is 0 Å². The number of rotatable bonds is 4. The summed E-state index contributed by atoms with van der Waals surface area (Å²) in [5, 5.41) is 0. The lowest BCUT2D eigenvalue weighted by Crippen LogP contribution is -2.65. The zero-order valence-corrected chi connectivity index (χ0v) is 25.0. The molecule has 0 N–H and O–H groups in total. The van der Waals surface area contributed by atoms with Gasteiger partial charge in [0.2, 0.25) is 0 Å². The summed E-state index contributed by atoms with van der Waals surface area (Å²) < 4.78 is 12.6. The average Bonchev–Trinajstić information content (AvgIpc) is 2.79. The number of fused-ring (bicyclic) bond motifs is 3. The van der Waals surface area contributed by atoms with E-state index in [1.807, 2.05) is 48.5 Å². The van der Waals surface area contributed by atoms with Crippen LogP contribution in [-0.2, 0) is 20.3 Å². The minimum Gasteiger partial charge on any atom is -0.454 e. The maximum absolute atomic E-state index is 13.4. The Hall–Kier alpha value is -2.62. The molecule has 4 heteroatoms. The number of benzene rings is 2. The monoisotopic (exact) mass is 518 g/mol. The Kier molecular flexibility index (Phi) is 7.12. The Morgan fingerprint density at radius 3 is 1.55 bits per heavy atom. The van der Waals surface area contributed by atoms with E-state index in [4.69, 9.17) is 9.47 Å². The molecule has 3 aliphatic carbocycles. The van der Waals surface area contributed by atoms with Crippen molar-refractivity contribution in [2.45, 2.75) is 105 Å². The van der Waals surface area contributed by atoms with Gasteiger partial charge in [0.1, 0.15) is 12.2 Å². The van der Waals surface area contributed by atoms with Crippen molar-refractivity contribution in [3.8, 4) is 0 Å². The number of esters is 2. The first kappa shape index (κ1) is 28.4. The maximum atomic E-state index is 13.4. The second-order valence-corrected chi connectivity index (χ2v) is 14.9. The van der Waals surface area contributed by atoms with Crippen LogP contribution in [0.25, 0.3) is 0 Å². The Morgan fingerprint density at radius 2 is 1.16 bits per heavy atom. The third-order valence-corrected chi connectivity index (χ3v) is 8.95. The molecule has 0 aromatic heterocycles. The molecule has 38 heavy (non-hydrogen) atoms. The van der Waals surface area contributed by atoms with Crippen LogP contribution in [0.5, 0.6) is 0 Å². The van der Waals surface area contributed by atoms with Crippen LogP contribution in [0.2, 0.25) is 0 Å². The molecule has 0 radical (unpaired) electrons. The predicted molar refractivity (Wildman–Crippen MR) is 152 cm³/mol. The van der Waals surface area contributed by atoms with E-state index in [-0.39, 0.29) is 39.5 Å². The van der Waals surface area contributed by atoms with Gasteiger partial charge in [0.05, 0.1) is 11.1 Å². The number of hydrogen-bond donors (Lipinski definition) is 0. The molecule has 0 heterocycles. The molecule has 206 valence electrons. The average molecular weight is 519 g/mol. The first-order valence-electron chi connectivity index (χ1n) is 14.1. The van der Waals surface area contributed by atoms with Gasteiger partial charge in [-0.1, -0.05) is 93.5 Å². The number of hydrogen-bond acceptors (Lipinski definition) is 4. The molecule has 0 saturated heterocycles. The third-order valence-electron chi connectivity index (χ3n) is 8.95. The van der Waals surface area contributed by atoms with Crippen molar-refractivity contribution in [1.82, 2.24) is 0 Å². The van der Waals surface area contributed by atoms with E-state index in [9.17, 15) is 9.59 Å². The Bertz CT molecular complexity index is 1180. The van der Waals surface area contributed by atoms with E-state index >= 15 is 0 Å². The fraction of sp³-hybridized carbons (Fsp3) is 0.588. The molecule has 0 amide bonds. The highest BCUT2D eigenvalue weighted by molar-refractivity contribution is 5.90. The zero-order chi connectivity index (χ0) is 28.3. The van der Waals surface area contributed by atoms with Crippen molar-refractivity contribution in [2.75, 3.05) is 0 Å². The topological polar surface area (TPSA) is 52.6 Å². The zero-order valence-electron chi connectivity index (χ0n) is 25.0. The minimum atomic E-state index is -0.500. The lowest BCUT2D eigenvalue weighted by atomic mass is 9.46. The van der Waals surface area contributed by atoms with Crippen molar-refractivity contribution in [3.63, 3.8) is 0 Å². The molecule has 5 rings (SSSR count). The molecular weight excluding hydrogens is 472 g/mol. The predicted octanol–water partition coefficient (Wildman–Crippen LogP) is 8.12. The second-order valence-electron chi connectivity index (χ2n) is 14.9. The highest BCUT2D eigenvalue weighted by Crippen LogP contribution is 2.62. The van der Waals surface area contributed by atoms with Crippen LogP contribution in [0, 0.1) is 22.7 Å². The van der Waals surface area contributed by atoms with E-state index in [0.29, 0.717) is 17.0 Å². The summed E-state index contributed by atoms with van der Waals surface area (Å²) in [6, 6.07) is 15.4. The number of ether oxygens (including phenoxy) is 2. The van der Waals surface area contributed by atoms with Crippen molar-refractivity contribution in [3.05, 3.63) is 70.8 Å². The lowest BCUT2D eigenvalue weighted by molar-refractivity contribution is -0.218. The van der Waals surface area contributed by atoms with Gasteiger partial charge in [-0.2, -0.15) is 0 Å². The van der Waals surface area contributed by atoms with E-state index in [1.54, 1.807) is 0 Å². The summed E-state index contributed by atoms with van der Waals surface area (Å²) >= 11 is 0. The highest BCUT2D eigenvalue weighted by Gasteiger charge is 2.63. The third kappa shape index (κ3) is 5.42. The molecule has 4 nitrogen and oxygen atoms in total. The van der Waals surface area contributed by atoms with Crippen molar-refractivity contribution in [1.29, 1.82) is 0 Å². The van der Waals surface area contributed by atoms with Gasteiger partial charge >= 0.3 is 11.9 Å². The summed E-state index contributed by atoms with van der Waals surface area (Å²) in [6.07, 6.45) is 0.866. The Morgan fingerprint density at radius 1 is 0.737 bits per heavy atom. The van der Waals surface area contributed by atoms with Crippen molar-refractivity contribution < 1.29 is 19.1 Å². The quantitative estimate of drug-likeness (QED) is 0.384. The molecule has 2 aromatic carbocycles. The van der Waals surface area contributed by atoms with Crippen LogP contribution in [0.15, 0.2) is 48.5 Å². The van der Waals surface area contributed by atoms with Crippen LogP contribution in [0.1, 0.15) is 114 Å². The summed E-state index contributed by atoms with van der Waals surface area (Å²) in [5.74, 6) is -0.260. The number of carbonyl (C=O) groups excluding carboxylic acids is 2. The molecule has 3 aliphatic rings. The molecule has 5 atom stereocenters. The smallest absolute Gasteiger partial charge is 0.338 e. The molecular formula is C34H46O4. The molecule has 5 unspecified atom stereocenters. The van der Waals surface area contributed by atoms with Gasteiger partial charge in [-0.25, -0.2) is 9.59 Å². The Labute approximate surface area is 229 Å². The fourth-order valence-corrected chi connectivity index (χ4v) is 7.37. The molecule has 3 saturated carbocycles. The van der Waals surface area contributed by atoms with Gasteiger partial charge in [0.25, 0.3) is 0 Å². The Balaban J connectivity index is 1.62. The summed E-state index contributed by atoms with van der Waals surface area (Å²) in [5.41, 5.74) is 3.07. The van der Waals surface area contributed by atoms with E-state index in [1.165, 1.54) is 0 Å². The van der Waals surface area contributed by atoms with Crippen LogP contribution < -0.4 is 0 Å². The standard InChI is InChI=1S/C34H46O4/c1-21-19-34(10)20-33(8,9)26(21)27(37-29(35)22-11-15-24(16-12-22)31(2,3)4)28(34)38-30(36)23-13-17-25(18-14-23)32(5,6)7/h11-18,21,26-28H,19-20H2,1-10H3. The van der Waals surface area contributed by atoms with Gasteiger partial charge in [-0.05, 0) is 70.4 Å². The van der Waals surface area contributed by atoms with E-state index in [2.05, 4.69) is 69.2 Å². The molecule has 2 bridgehead atoms. The van der Waals surface area contributed by atoms with Crippen LogP contribution >= 0.6 is 0 Å². The SMILES string of the molecule is CC1CC2(C)CC(C)(C)C1C(OC(=O)c1ccc(C(C)(C)C)cc1)C2OC(=O)c1ccc(C(C)(C)C)cc1. The highest BCUT2D eigenvalue weighted by atomic mass is 16.6. The second kappa shape index (κ2) is 9.54. The maximum Gasteiger partial charge on any atom is 0.338 e. The van der Waals surface area contributed by atoms with E-state index < -0.39 is 12.2 Å². The molecule has 3 fully saturated rings. The fourth-order valence-electron chi connectivity index (χ4n) is 7.37. The van der Waals surface area contributed by atoms with Gasteiger partial charge in [-0.3, -0.25) is 0 Å². The first-order valence-corrected chi connectivity index (χ1v) is 14.1. The van der Waals surface area contributed by atoms with Gasteiger partial charge in [0.15, 0.2) is 0 Å². The first-order chi connectivity index (χ1) is 17.4. The minimum absolute atomic E-state index is 0.00336. The van der Waals surface area contributed by atoms with Gasteiger partial charge < -0.3 is 9.47 Å². The number of carbonyl (C=O) groups is 2. The normalized spacial score (nSPS) is 28.6. The van der Waals surface area contributed by atoms with E-state index in [0.717, 1.165) is 24.0 Å². The lowest BCUT2D eigenvalue weighted by Gasteiger charge is -2.62. The van der Waals surface area contributed by atoms with Crippen molar-refractivity contribution >= 4 is 11.9 Å². The largest absolute Gasteiger partial charge is 0.454 e. The van der Waals surface area contributed by atoms with Crippen molar-refractivity contribution in [2.24, 2.45) is 22.7 Å². The van der Waals surface area contributed by atoms with Crippen LogP contribution in [0.4, 0.5) is 0 Å². The summed E-state index contributed by atoms with van der Waals surface area (Å²) in [6.45, 7) is 21.9. The molecule has 0 aliphatic heterocycles. The van der Waals surface area contributed by atoms with Gasteiger partial charge in [0, 0.05) is 11.3 Å². The van der Waals surface area contributed by atoms with Crippen LogP contribution in [0.3, 0.4) is 0 Å². The summed E-state index contributed by atoms with van der Waals surface area (Å²) in [7, 11) is 0. The molecule has 2 aromatic rings.